The van der Waals surface area contributed by atoms with Crippen LogP contribution in [0.5, 0.6) is 0 Å². The molecule has 0 radical (unpaired) electrons. The van der Waals surface area contributed by atoms with Crippen LogP contribution in [0, 0.1) is 5.41 Å². The Kier molecular flexibility index (Phi) is 4.85. The largest absolute Gasteiger partial charge is 0.381 e. The highest BCUT2D eigenvalue weighted by atomic mass is 35.5. The predicted octanol–water partition coefficient (Wildman–Crippen LogP) is 2.70. The highest BCUT2D eigenvalue weighted by Crippen LogP contribution is 2.31. The molecule has 0 spiro atoms. The fraction of sp³-hybridized carbons (Fsp3) is 0.600. The fourth-order valence-electron chi connectivity index (χ4n) is 2.66. The molecule has 1 fully saturated rings. The number of hydrogen-bond acceptors (Lipinski definition) is 3. The molecule has 2 unspecified atom stereocenters. The Morgan fingerprint density at radius 3 is 2.63 bits per heavy atom. The SMILES string of the molecule is CC(c1ccc(Cl)cc1)N(C)CC1(CN)CCOC1. The van der Waals surface area contributed by atoms with Crippen LogP contribution in [0.4, 0.5) is 0 Å². The number of rotatable bonds is 5. The van der Waals surface area contributed by atoms with Crippen molar-refractivity contribution in [2.24, 2.45) is 11.1 Å². The highest BCUT2D eigenvalue weighted by Gasteiger charge is 2.35. The summed E-state index contributed by atoms with van der Waals surface area (Å²) in [6.45, 7) is 5.47. The van der Waals surface area contributed by atoms with Crippen molar-refractivity contribution in [3.05, 3.63) is 34.9 Å². The number of nitrogens with two attached hydrogens (primary N) is 1. The molecule has 1 saturated heterocycles. The first kappa shape index (κ1) is 14.8. The van der Waals surface area contributed by atoms with Gasteiger partial charge in [0.2, 0.25) is 0 Å². The lowest BCUT2D eigenvalue weighted by Crippen LogP contribution is -2.42. The first-order chi connectivity index (χ1) is 9.06. The van der Waals surface area contributed by atoms with Gasteiger partial charge in [-0.15, -0.1) is 0 Å². The van der Waals surface area contributed by atoms with Gasteiger partial charge in [0.05, 0.1) is 6.61 Å². The molecule has 3 nitrogen and oxygen atoms in total. The van der Waals surface area contributed by atoms with Crippen LogP contribution in [-0.4, -0.2) is 38.3 Å². The van der Waals surface area contributed by atoms with Crippen molar-refractivity contribution in [3.8, 4) is 0 Å². The second-order valence-electron chi connectivity index (χ2n) is 5.65. The zero-order valence-corrected chi connectivity index (χ0v) is 12.5. The summed E-state index contributed by atoms with van der Waals surface area (Å²) in [5.41, 5.74) is 7.35. The van der Waals surface area contributed by atoms with Crippen LogP contribution in [0.15, 0.2) is 24.3 Å². The van der Waals surface area contributed by atoms with Crippen molar-refractivity contribution in [3.63, 3.8) is 0 Å². The molecule has 1 aromatic carbocycles. The molecule has 1 heterocycles. The van der Waals surface area contributed by atoms with E-state index in [4.69, 9.17) is 22.1 Å². The van der Waals surface area contributed by atoms with E-state index in [0.717, 1.165) is 31.2 Å². The summed E-state index contributed by atoms with van der Waals surface area (Å²) in [5.74, 6) is 0. The Bertz CT molecular complexity index is 401. The third kappa shape index (κ3) is 3.48. The second-order valence-corrected chi connectivity index (χ2v) is 6.09. The number of nitrogens with zero attached hydrogens (tertiary/aromatic N) is 1. The summed E-state index contributed by atoms with van der Waals surface area (Å²) in [5, 5.41) is 0.779. The van der Waals surface area contributed by atoms with Crippen molar-refractivity contribution < 1.29 is 4.74 Å². The number of benzene rings is 1. The summed E-state index contributed by atoms with van der Waals surface area (Å²) in [7, 11) is 2.15. The lowest BCUT2D eigenvalue weighted by molar-refractivity contribution is 0.110. The summed E-state index contributed by atoms with van der Waals surface area (Å²) in [4.78, 5) is 2.35. The maximum Gasteiger partial charge on any atom is 0.0547 e. The van der Waals surface area contributed by atoms with Gasteiger partial charge in [0.25, 0.3) is 0 Å². The molecule has 4 heteroatoms. The van der Waals surface area contributed by atoms with Gasteiger partial charge < -0.3 is 10.5 Å². The maximum absolute atomic E-state index is 5.95. The maximum atomic E-state index is 5.95. The van der Waals surface area contributed by atoms with Gasteiger partial charge in [-0.3, -0.25) is 4.90 Å². The molecule has 1 aromatic rings. The van der Waals surface area contributed by atoms with Gasteiger partial charge >= 0.3 is 0 Å². The van der Waals surface area contributed by atoms with Crippen molar-refractivity contribution in [1.82, 2.24) is 4.90 Å². The third-order valence-electron chi connectivity index (χ3n) is 4.22. The van der Waals surface area contributed by atoms with Crippen molar-refractivity contribution in [2.45, 2.75) is 19.4 Å². The zero-order chi connectivity index (χ0) is 13.9. The van der Waals surface area contributed by atoms with Crippen molar-refractivity contribution >= 4 is 11.6 Å². The van der Waals surface area contributed by atoms with Gasteiger partial charge in [-0.05, 0) is 38.1 Å². The normalized spacial score (nSPS) is 24.9. The van der Waals surface area contributed by atoms with Crippen molar-refractivity contribution in [1.29, 1.82) is 0 Å². The molecule has 106 valence electrons. The molecular formula is C15H23ClN2O. The van der Waals surface area contributed by atoms with Gasteiger partial charge in [0, 0.05) is 36.2 Å². The van der Waals surface area contributed by atoms with Crippen LogP contribution in [0.2, 0.25) is 5.02 Å². The lowest BCUT2D eigenvalue weighted by Gasteiger charge is -2.34. The molecule has 0 aliphatic carbocycles. The average molecular weight is 283 g/mol. The van der Waals surface area contributed by atoms with E-state index in [2.05, 4.69) is 31.0 Å². The average Bonchev–Trinajstić information content (AvgIpc) is 2.88. The van der Waals surface area contributed by atoms with E-state index in [1.165, 1.54) is 5.56 Å². The summed E-state index contributed by atoms with van der Waals surface area (Å²) in [6, 6.07) is 8.41. The van der Waals surface area contributed by atoms with E-state index in [-0.39, 0.29) is 5.41 Å². The Balaban J connectivity index is 2.02. The van der Waals surface area contributed by atoms with Gasteiger partial charge in [0.1, 0.15) is 0 Å². The van der Waals surface area contributed by atoms with Crippen LogP contribution >= 0.6 is 11.6 Å². The molecule has 0 saturated carbocycles. The smallest absolute Gasteiger partial charge is 0.0547 e. The minimum absolute atomic E-state index is 0.120. The molecule has 0 bridgehead atoms. The molecule has 19 heavy (non-hydrogen) atoms. The molecule has 2 rings (SSSR count). The number of ether oxygens (including phenoxy) is 1. The van der Waals surface area contributed by atoms with E-state index < -0.39 is 0 Å². The van der Waals surface area contributed by atoms with E-state index in [1.54, 1.807) is 0 Å². The first-order valence-electron chi connectivity index (χ1n) is 6.80. The summed E-state index contributed by atoms with van der Waals surface area (Å²) in [6.07, 6.45) is 1.06. The van der Waals surface area contributed by atoms with Gasteiger partial charge in [0.15, 0.2) is 0 Å². The van der Waals surface area contributed by atoms with E-state index >= 15 is 0 Å². The quantitative estimate of drug-likeness (QED) is 0.902. The van der Waals surface area contributed by atoms with Crippen LogP contribution in [0.1, 0.15) is 24.9 Å². The second kappa shape index (κ2) is 6.23. The number of hydrogen-bond donors (Lipinski definition) is 1. The monoisotopic (exact) mass is 282 g/mol. The molecule has 2 N–H and O–H groups in total. The molecule has 2 atom stereocenters. The van der Waals surface area contributed by atoms with E-state index in [0.29, 0.717) is 12.6 Å². The summed E-state index contributed by atoms with van der Waals surface area (Å²) < 4.78 is 5.53. The Hall–Kier alpha value is -0.610. The van der Waals surface area contributed by atoms with E-state index in [1.807, 2.05) is 12.1 Å². The topological polar surface area (TPSA) is 38.5 Å². The lowest BCUT2D eigenvalue weighted by atomic mass is 9.86. The standard InChI is InChI=1S/C15H23ClN2O/c1-12(13-3-5-14(16)6-4-13)18(2)10-15(9-17)7-8-19-11-15/h3-6,12H,7-11,17H2,1-2H3. The van der Waals surface area contributed by atoms with Gasteiger partial charge in [-0.1, -0.05) is 23.7 Å². The molecule has 0 amide bonds. The van der Waals surface area contributed by atoms with Crippen molar-refractivity contribution in [2.75, 3.05) is 33.4 Å². The number of halogens is 1. The fourth-order valence-corrected chi connectivity index (χ4v) is 2.79. The van der Waals surface area contributed by atoms with Gasteiger partial charge in [-0.2, -0.15) is 0 Å². The van der Waals surface area contributed by atoms with Crippen LogP contribution in [0.25, 0.3) is 0 Å². The zero-order valence-electron chi connectivity index (χ0n) is 11.7. The van der Waals surface area contributed by atoms with Crippen LogP contribution in [-0.2, 0) is 4.74 Å². The molecular weight excluding hydrogens is 260 g/mol. The molecule has 0 aromatic heterocycles. The Labute approximate surface area is 120 Å². The summed E-state index contributed by atoms with van der Waals surface area (Å²) >= 11 is 5.93. The molecule has 1 aliphatic heterocycles. The van der Waals surface area contributed by atoms with Gasteiger partial charge in [-0.25, -0.2) is 0 Å². The van der Waals surface area contributed by atoms with Crippen LogP contribution in [0.3, 0.4) is 0 Å². The minimum atomic E-state index is 0.120. The first-order valence-corrected chi connectivity index (χ1v) is 7.18. The predicted molar refractivity (Wildman–Crippen MR) is 79.4 cm³/mol. The Morgan fingerprint density at radius 1 is 1.42 bits per heavy atom. The third-order valence-corrected chi connectivity index (χ3v) is 4.47. The highest BCUT2D eigenvalue weighted by molar-refractivity contribution is 6.30. The minimum Gasteiger partial charge on any atom is -0.381 e. The Morgan fingerprint density at radius 2 is 2.11 bits per heavy atom. The molecule has 1 aliphatic rings. The van der Waals surface area contributed by atoms with E-state index in [9.17, 15) is 0 Å². The van der Waals surface area contributed by atoms with Crippen LogP contribution < -0.4 is 5.73 Å².